The lowest BCUT2D eigenvalue weighted by Gasteiger charge is -2.16. The fourth-order valence-corrected chi connectivity index (χ4v) is 4.79. The average Bonchev–Trinajstić information content (AvgIpc) is 3.27. The predicted octanol–water partition coefficient (Wildman–Crippen LogP) is 1.91. The Morgan fingerprint density at radius 3 is 2.33 bits per heavy atom. The fourth-order valence-electron chi connectivity index (χ4n) is 3.27. The van der Waals surface area contributed by atoms with E-state index in [-0.39, 0.29) is 23.5 Å². The van der Waals surface area contributed by atoms with Gasteiger partial charge in [-0.3, -0.25) is 4.79 Å². The Bertz CT molecular complexity index is 660. The largest absolute Gasteiger partial charge is 0.484 e. The molecule has 1 aliphatic carbocycles. The SMILES string of the molecule is O=C(COc1ccc(S(=O)(=O)N2CCCC2)cc1)NC1CCCC1. The molecule has 0 unspecified atom stereocenters. The van der Waals surface area contributed by atoms with Crippen molar-refractivity contribution in [1.29, 1.82) is 0 Å². The van der Waals surface area contributed by atoms with Gasteiger partial charge in [0.1, 0.15) is 5.75 Å². The van der Waals surface area contributed by atoms with E-state index in [0.717, 1.165) is 25.7 Å². The van der Waals surface area contributed by atoms with E-state index in [1.165, 1.54) is 29.3 Å². The highest BCUT2D eigenvalue weighted by Crippen LogP contribution is 2.23. The predicted molar refractivity (Wildman–Crippen MR) is 90.3 cm³/mol. The van der Waals surface area contributed by atoms with Crippen molar-refractivity contribution in [2.24, 2.45) is 0 Å². The van der Waals surface area contributed by atoms with Crippen molar-refractivity contribution in [3.05, 3.63) is 24.3 Å². The number of carbonyl (C=O) groups is 1. The van der Waals surface area contributed by atoms with Gasteiger partial charge >= 0.3 is 0 Å². The maximum Gasteiger partial charge on any atom is 0.258 e. The van der Waals surface area contributed by atoms with Crippen LogP contribution < -0.4 is 10.1 Å². The van der Waals surface area contributed by atoms with Gasteiger partial charge in [0.05, 0.1) is 4.90 Å². The van der Waals surface area contributed by atoms with Crippen LogP contribution in [0.4, 0.5) is 0 Å². The molecule has 1 N–H and O–H groups in total. The molecule has 0 radical (unpaired) electrons. The minimum Gasteiger partial charge on any atom is -0.484 e. The minimum absolute atomic E-state index is 0.0469. The first-order chi connectivity index (χ1) is 11.6. The summed E-state index contributed by atoms with van der Waals surface area (Å²) in [6.07, 6.45) is 6.23. The van der Waals surface area contributed by atoms with Crippen molar-refractivity contribution >= 4 is 15.9 Å². The van der Waals surface area contributed by atoms with Crippen LogP contribution in [-0.2, 0) is 14.8 Å². The van der Waals surface area contributed by atoms with Gasteiger partial charge in [-0.15, -0.1) is 0 Å². The van der Waals surface area contributed by atoms with E-state index < -0.39 is 10.0 Å². The number of amides is 1. The Balaban J connectivity index is 1.53. The van der Waals surface area contributed by atoms with Crippen LogP contribution >= 0.6 is 0 Å². The molecule has 0 spiro atoms. The smallest absolute Gasteiger partial charge is 0.258 e. The van der Waals surface area contributed by atoms with Gasteiger partial charge in [0.2, 0.25) is 10.0 Å². The zero-order chi connectivity index (χ0) is 17.0. The molecule has 1 saturated heterocycles. The van der Waals surface area contributed by atoms with Crippen LogP contribution in [0.15, 0.2) is 29.2 Å². The van der Waals surface area contributed by atoms with Crippen LogP contribution in [0.3, 0.4) is 0 Å². The van der Waals surface area contributed by atoms with Gasteiger partial charge in [-0.1, -0.05) is 12.8 Å². The standard InChI is InChI=1S/C17H24N2O4S/c20-17(18-14-5-1-2-6-14)13-23-15-7-9-16(10-8-15)24(21,22)19-11-3-4-12-19/h7-10,14H,1-6,11-13H2,(H,18,20). The minimum atomic E-state index is -3.40. The van der Waals surface area contributed by atoms with E-state index >= 15 is 0 Å². The summed E-state index contributed by atoms with van der Waals surface area (Å²) in [4.78, 5) is 12.1. The lowest BCUT2D eigenvalue weighted by molar-refractivity contribution is -0.123. The molecule has 132 valence electrons. The Morgan fingerprint density at radius 2 is 1.71 bits per heavy atom. The maximum atomic E-state index is 12.4. The van der Waals surface area contributed by atoms with E-state index in [0.29, 0.717) is 18.8 Å². The first-order valence-electron chi connectivity index (χ1n) is 8.58. The van der Waals surface area contributed by atoms with E-state index in [9.17, 15) is 13.2 Å². The second kappa shape index (κ2) is 7.53. The highest BCUT2D eigenvalue weighted by atomic mass is 32.2. The Labute approximate surface area is 143 Å². The maximum absolute atomic E-state index is 12.4. The lowest BCUT2D eigenvalue weighted by Crippen LogP contribution is -2.36. The summed E-state index contributed by atoms with van der Waals surface area (Å²) in [5, 5.41) is 2.96. The Kier molecular flexibility index (Phi) is 5.40. The Hall–Kier alpha value is -1.60. The van der Waals surface area contributed by atoms with Crippen LogP contribution in [0.1, 0.15) is 38.5 Å². The van der Waals surface area contributed by atoms with Crippen molar-refractivity contribution in [3.63, 3.8) is 0 Å². The van der Waals surface area contributed by atoms with Crippen molar-refractivity contribution < 1.29 is 17.9 Å². The van der Waals surface area contributed by atoms with E-state index in [2.05, 4.69) is 5.32 Å². The number of nitrogens with one attached hydrogen (secondary N) is 1. The zero-order valence-electron chi connectivity index (χ0n) is 13.7. The van der Waals surface area contributed by atoms with Gasteiger partial charge in [-0.25, -0.2) is 8.42 Å². The molecule has 1 aromatic carbocycles. The third-order valence-corrected chi connectivity index (χ3v) is 6.53. The Morgan fingerprint density at radius 1 is 1.08 bits per heavy atom. The third kappa shape index (κ3) is 4.08. The summed E-state index contributed by atoms with van der Waals surface area (Å²) in [6, 6.07) is 6.56. The topological polar surface area (TPSA) is 75.7 Å². The van der Waals surface area contributed by atoms with Gasteiger partial charge in [0.25, 0.3) is 5.91 Å². The van der Waals surface area contributed by atoms with Gasteiger partial charge in [0.15, 0.2) is 6.61 Å². The highest BCUT2D eigenvalue weighted by molar-refractivity contribution is 7.89. The second-order valence-electron chi connectivity index (χ2n) is 6.42. The molecule has 1 saturated carbocycles. The zero-order valence-corrected chi connectivity index (χ0v) is 14.6. The second-order valence-corrected chi connectivity index (χ2v) is 8.36. The first kappa shape index (κ1) is 17.2. The number of carbonyl (C=O) groups excluding carboxylic acids is 1. The molecule has 0 atom stereocenters. The molecule has 0 aromatic heterocycles. The van der Waals surface area contributed by atoms with Gasteiger partial charge in [-0.2, -0.15) is 4.31 Å². The third-order valence-electron chi connectivity index (χ3n) is 4.62. The van der Waals surface area contributed by atoms with Crippen molar-refractivity contribution in [2.75, 3.05) is 19.7 Å². The molecule has 24 heavy (non-hydrogen) atoms. The van der Waals surface area contributed by atoms with Crippen molar-refractivity contribution in [1.82, 2.24) is 9.62 Å². The molecule has 2 aliphatic rings. The van der Waals surface area contributed by atoms with E-state index in [4.69, 9.17) is 4.74 Å². The molecule has 0 bridgehead atoms. The number of nitrogens with zero attached hydrogens (tertiary/aromatic N) is 1. The molecule has 3 rings (SSSR count). The van der Waals surface area contributed by atoms with E-state index in [1.54, 1.807) is 12.1 Å². The lowest BCUT2D eigenvalue weighted by atomic mass is 10.2. The monoisotopic (exact) mass is 352 g/mol. The van der Waals surface area contributed by atoms with Gasteiger partial charge in [0, 0.05) is 19.1 Å². The quantitative estimate of drug-likeness (QED) is 0.848. The first-order valence-corrected chi connectivity index (χ1v) is 10.0. The molecule has 1 amide bonds. The number of sulfonamides is 1. The summed E-state index contributed by atoms with van der Waals surface area (Å²) in [7, 11) is -3.40. The van der Waals surface area contributed by atoms with Crippen molar-refractivity contribution in [2.45, 2.75) is 49.5 Å². The molecule has 7 heteroatoms. The van der Waals surface area contributed by atoms with E-state index in [1.807, 2.05) is 0 Å². The summed E-state index contributed by atoms with van der Waals surface area (Å²) in [5.74, 6) is 0.368. The van der Waals surface area contributed by atoms with Crippen LogP contribution in [0.2, 0.25) is 0 Å². The summed E-state index contributed by atoms with van der Waals surface area (Å²) >= 11 is 0. The number of ether oxygens (including phenoxy) is 1. The van der Waals surface area contributed by atoms with Crippen LogP contribution in [0.5, 0.6) is 5.75 Å². The fraction of sp³-hybridized carbons (Fsp3) is 0.588. The van der Waals surface area contributed by atoms with Crippen LogP contribution in [0, 0.1) is 0 Å². The average molecular weight is 352 g/mol. The number of hydrogen-bond acceptors (Lipinski definition) is 4. The molecule has 1 heterocycles. The number of benzene rings is 1. The molecular formula is C17H24N2O4S. The molecule has 2 fully saturated rings. The van der Waals surface area contributed by atoms with Crippen LogP contribution in [0.25, 0.3) is 0 Å². The van der Waals surface area contributed by atoms with Gasteiger partial charge in [-0.05, 0) is 49.9 Å². The number of rotatable bonds is 6. The number of hydrogen-bond donors (Lipinski definition) is 1. The van der Waals surface area contributed by atoms with Crippen molar-refractivity contribution in [3.8, 4) is 5.75 Å². The van der Waals surface area contributed by atoms with Gasteiger partial charge < -0.3 is 10.1 Å². The van der Waals surface area contributed by atoms with Crippen LogP contribution in [-0.4, -0.2) is 44.4 Å². The summed E-state index contributed by atoms with van der Waals surface area (Å²) < 4.78 is 31.8. The molecular weight excluding hydrogens is 328 g/mol. The molecule has 1 aliphatic heterocycles. The summed E-state index contributed by atoms with van der Waals surface area (Å²) in [6.45, 7) is 1.12. The normalized spacial score (nSPS) is 19.5. The highest BCUT2D eigenvalue weighted by Gasteiger charge is 2.27. The summed E-state index contributed by atoms with van der Waals surface area (Å²) in [5.41, 5.74) is 0. The molecule has 6 nitrogen and oxygen atoms in total. The molecule has 1 aromatic rings.